The van der Waals surface area contributed by atoms with Crippen molar-refractivity contribution in [3.05, 3.63) is 174 Å². The molecule has 0 fully saturated rings. The van der Waals surface area contributed by atoms with Crippen LogP contribution in [0, 0.1) is 13.8 Å². The van der Waals surface area contributed by atoms with Crippen LogP contribution in [0.1, 0.15) is 36.1 Å². The summed E-state index contributed by atoms with van der Waals surface area (Å²) in [6.45, 7) is 9.24. The fourth-order valence-corrected chi connectivity index (χ4v) is 10.4. The largest absolute Gasteiger partial charge is 0.376 e. The molecule has 3 heterocycles. The van der Waals surface area contributed by atoms with Crippen molar-refractivity contribution in [1.29, 1.82) is 0 Å². The van der Waals surface area contributed by atoms with Crippen molar-refractivity contribution in [3.63, 3.8) is 0 Å². The normalized spacial score (nSPS) is 14.4. The molecule has 0 saturated carbocycles. The second-order valence-corrected chi connectivity index (χ2v) is 16.2. The SMILES string of the molecule is Cc1ccc(N2B3c4cc(C)ccc4-n4c5ccccc5c5c(-c6ccccc6)cc(c3c54)-c3cc4c(cc32)-c2c(ccc3ccccc23)C4(C)C)cc1. The van der Waals surface area contributed by atoms with Gasteiger partial charge in [0.1, 0.15) is 0 Å². The van der Waals surface area contributed by atoms with Crippen LogP contribution in [0.2, 0.25) is 0 Å². The third-order valence-corrected chi connectivity index (χ3v) is 12.9. The molecule has 1 aliphatic carbocycles. The van der Waals surface area contributed by atoms with Gasteiger partial charge in [0, 0.05) is 38.8 Å². The van der Waals surface area contributed by atoms with Gasteiger partial charge in [0.15, 0.2) is 0 Å². The van der Waals surface area contributed by atoms with Crippen LogP contribution in [0.3, 0.4) is 0 Å². The van der Waals surface area contributed by atoms with Crippen LogP contribution in [0.5, 0.6) is 0 Å². The Kier molecular flexibility index (Phi) is 5.82. The topological polar surface area (TPSA) is 8.17 Å². The van der Waals surface area contributed by atoms with Crippen LogP contribution in [0.15, 0.2) is 152 Å². The molecular weight excluding hydrogens is 651 g/mol. The zero-order valence-corrected chi connectivity index (χ0v) is 30.9. The Morgan fingerprint density at radius 2 is 1.28 bits per heavy atom. The molecule has 9 aromatic rings. The predicted octanol–water partition coefficient (Wildman–Crippen LogP) is 11.8. The molecular formula is C51H37BN2. The maximum Gasteiger partial charge on any atom is 0.333 e. The minimum atomic E-state index is -0.155. The average molecular weight is 689 g/mol. The Morgan fingerprint density at radius 3 is 2.11 bits per heavy atom. The van der Waals surface area contributed by atoms with E-state index in [9.17, 15) is 0 Å². The van der Waals surface area contributed by atoms with E-state index in [0.717, 1.165) is 0 Å². The number of hydrogen-bond acceptors (Lipinski definition) is 1. The molecule has 0 amide bonds. The van der Waals surface area contributed by atoms with E-state index in [2.05, 4.69) is 189 Å². The molecule has 54 heavy (non-hydrogen) atoms. The molecule has 0 saturated heterocycles. The number of benzene rings is 8. The standard InChI is InChI=1S/C51H37BN2/c1-30-18-22-34(23-19-30)54-46-29-40-42(51(3,4)41-24-21-33-14-8-9-15-35(33)47(40)41)28-38(46)39-27-37(32-12-6-5-7-13-32)48-36-16-10-11-17-44(36)53-45-25-20-31(2)26-43(45)52(54)49(39)50(48)53/h5-29H,1-4H3. The first-order valence-electron chi connectivity index (χ1n) is 19.2. The van der Waals surface area contributed by atoms with E-state index in [1.165, 1.54) is 116 Å². The average Bonchev–Trinajstić information content (AvgIpc) is 3.66. The van der Waals surface area contributed by atoms with Gasteiger partial charge in [-0.25, -0.2) is 0 Å². The maximum absolute atomic E-state index is 2.68. The van der Waals surface area contributed by atoms with Gasteiger partial charge in [-0.15, -0.1) is 0 Å². The fraction of sp³-hybridized carbons (Fsp3) is 0.0980. The van der Waals surface area contributed by atoms with Crippen LogP contribution < -0.4 is 15.7 Å². The summed E-state index contributed by atoms with van der Waals surface area (Å²) in [7, 11) is 0. The summed E-state index contributed by atoms with van der Waals surface area (Å²) in [6, 6.07) is 57.7. The maximum atomic E-state index is 2.68. The summed E-state index contributed by atoms with van der Waals surface area (Å²) in [5.74, 6) is 0. The van der Waals surface area contributed by atoms with Crippen LogP contribution in [0.25, 0.3) is 71.6 Å². The quantitative estimate of drug-likeness (QED) is 0.164. The molecule has 0 N–H and O–H groups in total. The number of fused-ring (bicyclic) bond motifs is 13. The monoisotopic (exact) mass is 688 g/mol. The van der Waals surface area contributed by atoms with Gasteiger partial charge in [-0.3, -0.25) is 0 Å². The summed E-state index contributed by atoms with van der Waals surface area (Å²) < 4.78 is 2.58. The van der Waals surface area contributed by atoms with Crippen molar-refractivity contribution in [1.82, 2.24) is 4.57 Å². The number of aryl methyl sites for hydroxylation is 2. The Hall–Kier alpha value is -6.32. The molecule has 0 spiro atoms. The summed E-state index contributed by atoms with van der Waals surface area (Å²) in [4.78, 5) is 2.68. The zero-order chi connectivity index (χ0) is 36.0. The lowest BCUT2D eigenvalue weighted by Gasteiger charge is -2.43. The zero-order valence-electron chi connectivity index (χ0n) is 30.9. The molecule has 0 bridgehead atoms. The van der Waals surface area contributed by atoms with E-state index >= 15 is 0 Å². The van der Waals surface area contributed by atoms with E-state index < -0.39 is 0 Å². The lowest BCUT2D eigenvalue weighted by Crippen LogP contribution is -2.60. The minimum absolute atomic E-state index is 0.0197. The second kappa shape index (κ2) is 10.4. The molecule has 12 rings (SSSR count). The van der Waals surface area contributed by atoms with Crippen molar-refractivity contribution in [2.45, 2.75) is 33.1 Å². The third-order valence-electron chi connectivity index (χ3n) is 12.9. The summed E-state index contributed by atoms with van der Waals surface area (Å²) in [5.41, 5.74) is 22.2. The smallest absolute Gasteiger partial charge is 0.333 e. The molecule has 2 nitrogen and oxygen atoms in total. The Bertz CT molecular complexity index is 3090. The van der Waals surface area contributed by atoms with Crippen molar-refractivity contribution in [2.24, 2.45) is 0 Å². The van der Waals surface area contributed by atoms with Gasteiger partial charge < -0.3 is 9.38 Å². The number of para-hydroxylation sites is 1. The highest BCUT2D eigenvalue weighted by Gasteiger charge is 2.46. The second-order valence-electron chi connectivity index (χ2n) is 16.2. The lowest BCUT2D eigenvalue weighted by atomic mass is 9.43. The highest BCUT2D eigenvalue weighted by molar-refractivity contribution is 6.93. The Morgan fingerprint density at radius 1 is 0.537 bits per heavy atom. The fourth-order valence-electron chi connectivity index (χ4n) is 10.4. The van der Waals surface area contributed by atoms with Crippen LogP contribution in [-0.2, 0) is 5.41 Å². The van der Waals surface area contributed by atoms with Gasteiger partial charge in [-0.1, -0.05) is 134 Å². The summed E-state index contributed by atoms with van der Waals surface area (Å²) in [5, 5.41) is 5.25. The van der Waals surface area contributed by atoms with E-state index in [0.29, 0.717) is 0 Å². The number of hydrogen-bond donors (Lipinski definition) is 0. The van der Waals surface area contributed by atoms with Crippen molar-refractivity contribution in [2.75, 3.05) is 4.81 Å². The highest BCUT2D eigenvalue weighted by atomic mass is 15.1. The molecule has 0 radical (unpaired) electrons. The van der Waals surface area contributed by atoms with Gasteiger partial charge in [0.05, 0.1) is 11.0 Å². The summed E-state index contributed by atoms with van der Waals surface area (Å²) in [6.07, 6.45) is 0. The van der Waals surface area contributed by atoms with Gasteiger partial charge >= 0.3 is 6.85 Å². The molecule has 3 heteroatoms. The van der Waals surface area contributed by atoms with E-state index in [4.69, 9.17) is 0 Å². The highest BCUT2D eigenvalue weighted by Crippen LogP contribution is 2.56. The van der Waals surface area contributed by atoms with Crippen molar-refractivity contribution < 1.29 is 0 Å². The van der Waals surface area contributed by atoms with Crippen molar-refractivity contribution >= 4 is 61.7 Å². The first-order chi connectivity index (χ1) is 26.4. The molecule has 0 unspecified atom stereocenters. The number of nitrogens with zero attached hydrogens (tertiary/aromatic N) is 2. The first-order valence-corrected chi connectivity index (χ1v) is 19.2. The molecule has 3 aliphatic rings. The van der Waals surface area contributed by atoms with E-state index in [1.54, 1.807) is 0 Å². The van der Waals surface area contributed by atoms with Crippen LogP contribution >= 0.6 is 0 Å². The first kappa shape index (κ1) is 30.2. The van der Waals surface area contributed by atoms with Gasteiger partial charge in [-0.2, -0.15) is 0 Å². The Balaban J connectivity index is 1.30. The number of anilines is 2. The van der Waals surface area contributed by atoms with E-state index in [-0.39, 0.29) is 12.3 Å². The molecule has 2 aliphatic heterocycles. The summed E-state index contributed by atoms with van der Waals surface area (Å²) >= 11 is 0. The molecule has 0 atom stereocenters. The van der Waals surface area contributed by atoms with Crippen molar-refractivity contribution in [3.8, 4) is 39.1 Å². The molecule has 254 valence electrons. The predicted molar refractivity (Wildman–Crippen MR) is 230 cm³/mol. The molecule has 1 aromatic heterocycles. The van der Waals surface area contributed by atoms with E-state index in [1.807, 2.05) is 0 Å². The van der Waals surface area contributed by atoms with Crippen LogP contribution in [0.4, 0.5) is 11.4 Å². The molecule has 8 aromatic carbocycles. The lowest BCUT2D eigenvalue weighted by molar-refractivity contribution is 0.661. The number of aromatic nitrogens is 1. The number of rotatable bonds is 2. The Labute approximate surface area is 316 Å². The van der Waals surface area contributed by atoms with Crippen LogP contribution in [-0.4, -0.2) is 11.4 Å². The minimum Gasteiger partial charge on any atom is -0.376 e. The van der Waals surface area contributed by atoms with Gasteiger partial charge in [-0.05, 0) is 117 Å². The van der Waals surface area contributed by atoms with Gasteiger partial charge in [0.2, 0.25) is 0 Å². The van der Waals surface area contributed by atoms with Gasteiger partial charge in [0.25, 0.3) is 0 Å². The third kappa shape index (κ3) is 3.76.